The minimum absolute atomic E-state index is 0.00791. The summed E-state index contributed by atoms with van der Waals surface area (Å²) in [6.07, 6.45) is 1.72. The summed E-state index contributed by atoms with van der Waals surface area (Å²) in [6.45, 7) is 1.34. The van der Waals surface area contributed by atoms with Gasteiger partial charge in [-0.05, 0) is 96.2 Å². The summed E-state index contributed by atoms with van der Waals surface area (Å²) >= 11 is 12.2. The van der Waals surface area contributed by atoms with Crippen LogP contribution in [0.4, 0.5) is 0 Å². The largest absolute Gasteiger partial charge is 0.480 e. The number of hydrogen-bond acceptors (Lipinski definition) is 3. The Morgan fingerprint density at radius 2 is 1.56 bits per heavy atom. The summed E-state index contributed by atoms with van der Waals surface area (Å²) in [4.78, 5) is 12.7. The highest BCUT2D eigenvalue weighted by molar-refractivity contribution is 6.31. The second-order valence-corrected chi connectivity index (χ2v) is 9.06. The number of nitrogens with zero attached hydrogens (tertiary/aromatic N) is 1. The van der Waals surface area contributed by atoms with E-state index in [2.05, 4.69) is 12.1 Å². The Morgan fingerprint density at radius 1 is 1.00 bits per heavy atom. The van der Waals surface area contributed by atoms with E-state index in [-0.39, 0.29) is 12.6 Å². The van der Waals surface area contributed by atoms with E-state index in [4.69, 9.17) is 33.0 Å². The lowest BCUT2D eigenvalue weighted by atomic mass is 9.89. The van der Waals surface area contributed by atoms with Crippen LogP contribution in [-0.4, -0.2) is 36.1 Å². The molecule has 1 atom stereocenters. The van der Waals surface area contributed by atoms with E-state index in [0.717, 1.165) is 35.1 Å². The summed E-state index contributed by atoms with van der Waals surface area (Å²) < 4.78 is 6.13. The quantitative estimate of drug-likeness (QED) is 0.398. The Bertz CT molecular complexity index is 1100. The molecule has 4 rings (SSSR count). The molecule has 1 heterocycles. The molecule has 3 aromatic carbocycles. The molecule has 0 spiro atoms. The minimum atomic E-state index is -0.808. The van der Waals surface area contributed by atoms with Gasteiger partial charge in [0, 0.05) is 10.0 Å². The molecule has 0 fully saturated rings. The van der Waals surface area contributed by atoms with Crippen LogP contribution < -0.4 is 0 Å². The third-order valence-electron chi connectivity index (χ3n) is 5.79. The van der Waals surface area contributed by atoms with Crippen LogP contribution in [-0.2, 0) is 16.1 Å². The van der Waals surface area contributed by atoms with Gasteiger partial charge in [0.25, 0.3) is 0 Å². The third-order valence-corrected chi connectivity index (χ3v) is 6.29. The van der Waals surface area contributed by atoms with Crippen LogP contribution in [0, 0.1) is 0 Å². The predicted molar refractivity (Wildman–Crippen MR) is 129 cm³/mol. The molecule has 0 bridgehead atoms. The first-order chi connectivity index (χ1) is 15.4. The zero-order valence-corrected chi connectivity index (χ0v) is 19.4. The lowest BCUT2D eigenvalue weighted by Gasteiger charge is -2.18. The predicted octanol–water partition coefficient (Wildman–Crippen LogP) is 6.70. The highest BCUT2D eigenvalue weighted by Crippen LogP contribution is 2.42. The second kappa shape index (κ2) is 10.1. The molecule has 0 saturated carbocycles. The fraction of sp³-hybridized carbons (Fsp3) is 0.269. The van der Waals surface area contributed by atoms with Crippen molar-refractivity contribution >= 4 is 29.2 Å². The van der Waals surface area contributed by atoms with Crippen LogP contribution >= 0.6 is 23.2 Å². The van der Waals surface area contributed by atoms with Gasteiger partial charge in [0.15, 0.2) is 0 Å². The molecule has 166 valence electrons. The standard InChI is InChI=1S/C26H25Cl2NO3/c1-29(15-26(30)31)12-2-3-25-24-14-23(18-6-10-21(28)11-7-18)22(13-19(24)16-32-25)17-4-8-20(27)9-5-17/h4-11,13-14,25H,2-3,12,15-16H2,1H3,(H,30,31). The lowest BCUT2D eigenvalue weighted by Crippen LogP contribution is -2.26. The Labute approximate surface area is 198 Å². The number of carboxylic acid groups (broad SMARTS) is 1. The first-order valence-corrected chi connectivity index (χ1v) is 11.4. The molecule has 6 heteroatoms. The molecule has 1 N–H and O–H groups in total. The van der Waals surface area contributed by atoms with Crippen molar-refractivity contribution in [1.82, 2.24) is 4.90 Å². The van der Waals surface area contributed by atoms with Gasteiger partial charge in [-0.3, -0.25) is 9.69 Å². The maximum Gasteiger partial charge on any atom is 0.317 e. The monoisotopic (exact) mass is 469 g/mol. The fourth-order valence-corrected chi connectivity index (χ4v) is 4.45. The molecule has 1 unspecified atom stereocenters. The SMILES string of the molecule is CN(CCCC1OCc2cc(-c3ccc(Cl)cc3)c(-c3ccc(Cl)cc3)cc21)CC(=O)O. The van der Waals surface area contributed by atoms with Crippen molar-refractivity contribution in [1.29, 1.82) is 0 Å². The number of rotatable bonds is 8. The number of fused-ring (bicyclic) bond motifs is 1. The van der Waals surface area contributed by atoms with E-state index in [9.17, 15) is 4.79 Å². The van der Waals surface area contributed by atoms with Crippen LogP contribution in [0.3, 0.4) is 0 Å². The van der Waals surface area contributed by atoms with Crippen molar-refractivity contribution < 1.29 is 14.6 Å². The topological polar surface area (TPSA) is 49.8 Å². The van der Waals surface area contributed by atoms with Crippen LogP contribution in [0.25, 0.3) is 22.3 Å². The zero-order valence-electron chi connectivity index (χ0n) is 17.9. The van der Waals surface area contributed by atoms with E-state index < -0.39 is 5.97 Å². The first-order valence-electron chi connectivity index (χ1n) is 10.6. The van der Waals surface area contributed by atoms with Crippen molar-refractivity contribution in [3.63, 3.8) is 0 Å². The van der Waals surface area contributed by atoms with Gasteiger partial charge < -0.3 is 9.84 Å². The molecule has 0 aliphatic carbocycles. The summed E-state index contributed by atoms with van der Waals surface area (Å²) in [7, 11) is 1.83. The van der Waals surface area contributed by atoms with Crippen molar-refractivity contribution in [2.75, 3.05) is 20.1 Å². The average Bonchev–Trinajstić information content (AvgIpc) is 3.15. The van der Waals surface area contributed by atoms with Gasteiger partial charge >= 0.3 is 5.97 Å². The lowest BCUT2D eigenvalue weighted by molar-refractivity contribution is -0.138. The normalized spacial score (nSPS) is 15.2. The van der Waals surface area contributed by atoms with E-state index in [1.165, 1.54) is 11.1 Å². The molecular formula is C26H25Cl2NO3. The van der Waals surface area contributed by atoms with Gasteiger partial charge in [-0.25, -0.2) is 0 Å². The van der Waals surface area contributed by atoms with E-state index >= 15 is 0 Å². The Balaban J connectivity index is 1.64. The highest BCUT2D eigenvalue weighted by atomic mass is 35.5. The van der Waals surface area contributed by atoms with Crippen LogP contribution in [0.15, 0.2) is 60.7 Å². The van der Waals surface area contributed by atoms with Crippen molar-refractivity contribution in [3.8, 4) is 22.3 Å². The van der Waals surface area contributed by atoms with Crippen LogP contribution in [0.2, 0.25) is 10.0 Å². The molecule has 32 heavy (non-hydrogen) atoms. The molecule has 4 nitrogen and oxygen atoms in total. The fourth-order valence-electron chi connectivity index (χ4n) is 4.20. The number of aliphatic carboxylic acids is 1. The molecule has 1 aliphatic heterocycles. The highest BCUT2D eigenvalue weighted by Gasteiger charge is 2.25. The van der Waals surface area contributed by atoms with Gasteiger partial charge in [0.1, 0.15) is 0 Å². The Hall–Kier alpha value is -2.37. The number of halogens is 2. The second-order valence-electron chi connectivity index (χ2n) is 8.18. The number of likely N-dealkylation sites (N-methyl/N-ethyl adjacent to an activating group) is 1. The molecule has 0 aromatic heterocycles. The molecule has 1 aliphatic rings. The maximum atomic E-state index is 10.9. The smallest absolute Gasteiger partial charge is 0.317 e. The van der Waals surface area contributed by atoms with Crippen LogP contribution in [0.5, 0.6) is 0 Å². The third kappa shape index (κ3) is 5.33. The van der Waals surface area contributed by atoms with Gasteiger partial charge in [0.2, 0.25) is 0 Å². The van der Waals surface area contributed by atoms with Crippen molar-refractivity contribution in [3.05, 3.63) is 81.8 Å². The Kier molecular flexibility index (Phi) is 7.17. The average molecular weight is 470 g/mol. The number of carboxylic acids is 1. The van der Waals surface area contributed by atoms with Gasteiger partial charge in [-0.2, -0.15) is 0 Å². The molecule has 0 amide bonds. The number of hydrogen-bond donors (Lipinski definition) is 1. The maximum absolute atomic E-state index is 10.9. The first kappa shape index (κ1) is 22.8. The summed E-state index contributed by atoms with van der Waals surface area (Å²) in [5.41, 5.74) is 6.84. The van der Waals surface area contributed by atoms with Gasteiger partial charge in [-0.15, -0.1) is 0 Å². The minimum Gasteiger partial charge on any atom is -0.480 e. The number of carbonyl (C=O) groups is 1. The zero-order chi connectivity index (χ0) is 22.7. The molecular weight excluding hydrogens is 445 g/mol. The van der Waals surface area contributed by atoms with Crippen molar-refractivity contribution in [2.45, 2.75) is 25.6 Å². The van der Waals surface area contributed by atoms with E-state index in [0.29, 0.717) is 23.2 Å². The van der Waals surface area contributed by atoms with Crippen molar-refractivity contribution in [2.24, 2.45) is 0 Å². The van der Waals surface area contributed by atoms with Gasteiger partial charge in [-0.1, -0.05) is 47.5 Å². The van der Waals surface area contributed by atoms with E-state index in [1.54, 1.807) is 0 Å². The number of ether oxygens (including phenoxy) is 1. The molecule has 0 saturated heterocycles. The van der Waals surface area contributed by atoms with E-state index in [1.807, 2.05) is 60.5 Å². The number of benzene rings is 3. The molecule has 3 aromatic rings. The summed E-state index contributed by atoms with van der Waals surface area (Å²) in [5.74, 6) is -0.808. The summed E-state index contributed by atoms with van der Waals surface area (Å²) in [5, 5.41) is 10.3. The van der Waals surface area contributed by atoms with Crippen LogP contribution in [0.1, 0.15) is 30.1 Å². The summed E-state index contributed by atoms with van der Waals surface area (Å²) in [6, 6.07) is 20.2. The Morgan fingerprint density at radius 3 is 2.12 bits per heavy atom. The van der Waals surface area contributed by atoms with Gasteiger partial charge in [0.05, 0.1) is 19.3 Å². The molecule has 0 radical (unpaired) electrons.